The Kier molecular flexibility index (Phi) is 9.27. The fraction of sp³-hybridized carbons (Fsp3) is 0.538. The van der Waals surface area contributed by atoms with Gasteiger partial charge in [0.05, 0.1) is 17.2 Å². The number of aromatic amines is 1. The summed E-state index contributed by atoms with van der Waals surface area (Å²) in [6, 6.07) is 12.0. The number of carbonyl (C=O) groups excluding carboxylic acids is 3. The summed E-state index contributed by atoms with van der Waals surface area (Å²) in [6.45, 7) is 19.5. The molecule has 49 heavy (non-hydrogen) atoms. The third-order valence-corrected chi connectivity index (χ3v) is 10.5. The molecule has 0 radical (unpaired) electrons. The molecular formula is C39H50N6O4. The minimum Gasteiger partial charge on any atom is -0.444 e. The number of hydrogen-bond acceptors (Lipinski definition) is 7. The van der Waals surface area contributed by atoms with Gasteiger partial charge in [0.25, 0.3) is 0 Å². The second-order valence-electron chi connectivity index (χ2n) is 15.5. The number of nitrogens with one attached hydrogen (secondary N) is 2. The number of nitrogens with zero attached hydrogens (tertiary/aromatic N) is 4. The van der Waals surface area contributed by atoms with Gasteiger partial charge in [-0.25, -0.2) is 4.79 Å². The number of fused-ring (bicyclic) bond motifs is 4. The average molecular weight is 667 g/mol. The SMILES string of the molecule is CCc1cc2c(cc1N1CCN(C(=O)CCCN3C[C@@H](C)[C@@H](NC(=O)OC(C)(C)C)C3)CC1)C(C)(C)c1[nH]c3cc(C#N)ccc3c1C2=O. The molecule has 2 atom stereocenters. The van der Waals surface area contributed by atoms with Gasteiger partial charge in [0, 0.05) is 85.0 Å². The highest BCUT2D eigenvalue weighted by molar-refractivity contribution is 6.20. The number of nitriles is 1. The van der Waals surface area contributed by atoms with Crippen LogP contribution in [0, 0.1) is 17.2 Å². The van der Waals surface area contributed by atoms with Crippen molar-refractivity contribution in [2.75, 3.05) is 50.7 Å². The molecule has 1 aromatic heterocycles. The predicted octanol–water partition coefficient (Wildman–Crippen LogP) is 5.75. The van der Waals surface area contributed by atoms with E-state index < -0.39 is 11.0 Å². The number of rotatable bonds is 7. The van der Waals surface area contributed by atoms with Crippen LogP contribution in [0.15, 0.2) is 30.3 Å². The van der Waals surface area contributed by atoms with E-state index >= 15 is 0 Å². The highest BCUT2D eigenvalue weighted by Crippen LogP contribution is 2.46. The van der Waals surface area contributed by atoms with Crippen LogP contribution in [0.25, 0.3) is 10.9 Å². The molecule has 1 aliphatic carbocycles. The van der Waals surface area contributed by atoms with Crippen LogP contribution in [0.4, 0.5) is 10.5 Å². The van der Waals surface area contributed by atoms with Gasteiger partial charge in [0.15, 0.2) is 5.78 Å². The van der Waals surface area contributed by atoms with Gasteiger partial charge in [-0.1, -0.05) is 33.8 Å². The fourth-order valence-corrected chi connectivity index (χ4v) is 7.86. The van der Waals surface area contributed by atoms with Gasteiger partial charge >= 0.3 is 6.09 Å². The molecule has 2 saturated heterocycles. The summed E-state index contributed by atoms with van der Waals surface area (Å²) < 4.78 is 5.43. The smallest absolute Gasteiger partial charge is 0.407 e. The number of aryl methyl sites for hydroxylation is 1. The Morgan fingerprint density at radius 3 is 2.51 bits per heavy atom. The number of ketones is 1. The van der Waals surface area contributed by atoms with Crippen molar-refractivity contribution in [1.82, 2.24) is 20.1 Å². The van der Waals surface area contributed by atoms with Crippen LogP contribution in [0.3, 0.4) is 0 Å². The van der Waals surface area contributed by atoms with Crippen molar-refractivity contribution >= 4 is 34.4 Å². The lowest BCUT2D eigenvalue weighted by molar-refractivity contribution is -0.131. The van der Waals surface area contributed by atoms with Crippen LogP contribution in [0.2, 0.25) is 0 Å². The van der Waals surface area contributed by atoms with Crippen LogP contribution in [0.1, 0.15) is 99.6 Å². The van der Waals surface area contributed by atoms with Crippen molar-refractivity contribution in [3.8, 4) is 6.07 Å². The summed E-state index contributed by atoms with van der Waals surface area (Å²) in [5.74, 6) is 0.531. The highest BCUT2D eigenvalue weighted by Gasteiger charge is 2.41. The molecule has 2 aliphatic heterocycles. The first kappa shape index (κ1) is 34.5. The first-order valence-electron chi connectivity index (χ1n) is 17.7. The Hall–Kier alpha value is -4.36. The molecule has 6 rings (SSSR count). The summed E-state index contributed by atoms with van der Waals surface area (Å²) in [5.41, 5.74) is 6.02. The van der Waals surface area contributed by atoms with Crippen LogP contribution in [-0.2, 0) is 21.4 Å². The molecule has 0 bridgehead atoms. The van der Waals surface area contributed by atoms with Gasteiger partial charge in [-0.2, -0.15) is 5.26 Å². The quantitative estimate of drug-likeness (QED) is 0.330. The van der Waals surface area contributed by atoms with Gasteiger partial charge in [0.2, 0.25) is 5.91 Å². The number of amides is 2. The van der Waals surface area contributed by atoms with Crippen molar-refractivity contribution in [3.05, 3.63) is 63.8 Å². The van der Waals surface area contributed by atoms with Crippen molar-refractivity contribution in [2.45, 2.75) is 84.8 Å². The third-order valence-electron chi connectivity index (χ3n) is 10.5. The first-order valence-corrected chi connectivity index (χ1v) is 17.7. The first-order chi connectivity index (χ1) is 23.2. The number of piperazine rings is 1. The second-order valence-corrected chi connectivity index (χ2v) is 15.5. The average Bonchev–Trinajstić information content (AvgIpc) is 3.62. The number of hydrogen-bond donors (Lipinski definition) is 2. The second kappa shape index (κ2) is 13.2. The monoisotopic (exact) mass is 666 g/mol. The van der Waals surface area contributed by atoms with Crippen LogP contribution < -0.4 is 10.2 Å². The summed E-state index contributed by atoms with van der Waals surface area (Å²) in [4.78, 5) is 49.7. The number of benzene rings is 2. The van der Waals surface area contributed by atoms with Gasteiger partial charge in [0.1, 0.15) is 5.60 Å². The van der Waals surface area contributed by atoms with E-state index in [1.54, 1.807) is 6.07 Å². The van der Waals surface area contributed by atoms with Crippen molar-refractivity contribution in [1.29, 1.82) is 5.26 Å². The zero-order chi connectivity index (χ0) is 35.2. The maximum Gasteiger partial charge on any atom is 0.407 e. The molecule has 2 amide bonds. The van der Waals surface area contributed by atoms with Gasteiger partial charge in [-0.3, -0.25) is 9.59 Å². The molecule has 2 fully saturated rings. The summed E-state index contributed by atoms with van der Waals surface area (Å²) in [7, 11) is 0. The maximum atomic E-state index is 14.0. The van der Waals surface area contributed by atoms with Crippen molar-refractivity contribution in [3.63, 3.8) is 0 Å². The maximum absolute atomic E-state index is 14.0. The molecule has 0 unspecified atom stereocenters. The van der Waals surface area contributed by atoms with E-state index in [-0.39, 0.29) is 23.8 Å². The van der Waals surface area contributed by atoms with Gasteiger partial charge in [-0.15, -0.1) is 0 Å². The normalized spacial score (nSPS) is 20.6. The van der Waals surface area contributed by atoms with Crippen LogP contribution in [0.5, 0.6) is 0 Å². The van der Waals surface area contributed by atoms with E-state index in [1.165, 1.54) is 0 Å². The minimum atomic E-state index is -0.526. The fourth-order valence-electron chi connectivity index (χ4n) is 7.86. The number of anilines is 1. The topological polar surface area (TPSA) is 122 Å². The lowest BCUT2D eigenvalue weighted by Crippen LogP contribution is -2.49. The van der Waals surface area contributed by atoms with Gasteiger partial charge < -0.3 is 29.7 Å². The molecule has 3 aliphatic rings. The Morgan fingerprint density at radius 2 is 1.84 bits per heavy atom. The Balaban J connectivity index is 1.07. The Morgan fingerprint density at radius 1 is 1.10 bits per heavy atom. The molecule has 3 heterocycles. The molecule has 10 nitrogen and oxygen atoms in total. The summed E-state index contributed by atoms with van der Waals surface area (Å²) in [6.07, 6.45) is 1.71. The molecule has 0 spiro atoms. The summed E-state index contributed by atoms with van der Waals surface area (Å²) in [5, 5.41) is 13.3. The standard InChI is InChI=1S/C39H50N6O4/c1-8-26-19-28-29(39(6,7)36-34(35(28)47)27-12-11-25(21-40)18-30(27)41-36)20-32(26)44-14-16-45(17-15-44)33(46)10-9-13-43-22-24(2)31(23-43)42-37(48)49-38(3,4)5/h11-12,18-20,24,31,41H,8-10,13-17,22-23H2,1-7H3,(H,42,48)/t24-,31+/m1/s1. The van der Waals surface area contributed by atoms with E-state index in [1.807, 2.05) is 37.8 Å². The molecular weight excluding hydrogens is 616 g/mol. The van der Waals surface area contributed by atoms with Crippen LogP contribution in [-0.4, -0.2) is 90.0 Å². The zero-order valence-electron chi connectivity index (χ0n) is 30.0. The molecule has 2 N–H and O–H groups in total. The molecule has 3 aromatic rings. The highest BCUT2D eigenvalue weighted by atomic mass is 16.6. The summed E-state index contributed by atoms with van der Waals surface area (Å²) >= 11 is 0. The number of likely N-dealkylation sites (tertiary alicyclic amines) is 1. The minimum absolute atomic E-state index is 0.0233. The molecule has 0 saturated carbocycles. The molecule has 2 aromatic carbocycles. The molecule has 10 heteroatoms. The lowest BCUT2D eigenvalue weighted by atomic mass is 9.70. The van der Waals surface area contributed by atoms with E-state index in [4.69, 9.17) is 4.74 Å². The van der Waals surface area contributed by atoms with E-state index in [0.29, 0.717) is 36.6 Å². The van der Waals surface area contributed by atoms with Crippen molar-refractivity contribution < 1.29 is 19.1 Å². The van der Waals surface area contributed by atoms with Crippen molar-refractivity contribution in [2.24, 2.45) is 5.92 Å². The van der Waals surface area contributed by atoms with Crippen LogP contribution >= 0.6 is 0 Å². The third kappa shape index (κ3) is 6.78. The number of ether oxygens (including phenoxy) is 1. The largest absolute Gasteiger partial charge is 0.444 e. The zero-order valence-corrected chi connectivity index (χ0v) is 30.0. The van der Waals surface area contributed by atoms with E-state index in [9.17, 15) is 19.6 Å². The van der Waals surface area contributed by atoms with E-state index in [2.05, 4.69) is 66.0 Å². The predicted molar refractivity (Wildman–Crippen MR) is 191 cm³/mol. The lowest BCUT2D eigenvalue weighted by Gasteiger charge is -2.39. The van der Waals surface area contributed by atoms with E-state index in [0.717, 1.165) is 84.5 Å². The Bertz CT molecular complexity index is 1820. The Labute approximate surface area is 289 Å². The number of H-pyrrole nitrogens is 1. The number of aromatic nitrogens is 1. The molecule has 260 valence electrons. The number of alkyl carbamates (subject to hydrolysis) is 1. The number of carbonyl (C=O) groups is 3. The van der Waals surface area contributed by atoms with Gasteiger partial charge in [-0.05, 0) is 81.5 Å².